The fourth-order valence-electron chi connectivity index (χ4n) is 2.31. The third-order valence-electron chi connectivity index (χ3n) is 3.34. The Kier molecular flexibility index (Phi) is 3.97. The summed E-state index contributed by atoms with van der Waals surface area (Å²) in [6, 6.07) is 7.09. The number of rotatable bonds is 5. The third-order valence-corrected chi connectivity index (χ3v) is 3.34. The average Bonchev–Trinajstić information content (AvgIpc) is 2.76. The van der Waals surface area contributed by atoms with Gasteiger partial charge in [-0.2, -0.15) is 0 Å². The van der Waals surface area contributed by atoms with E-state index in [1.165, 1.54) is 24.8 Å². The summed E-state index contributed by atoms with van der Waals surface area (Å²) in [5.74, 6) is 0. The van der Waals surface area contributed by atoms with Crippen LogP contribution in [0.1, 0.15) is 30.0 Å². The second kappa shape index (κ2) is 5.46. The molecule has 1 aromatic carbocycles. The molecular formula is C14H21NO. The van der Waals surface area contributed by atoms with E-state index in [0.717, 1.165) is 13.0 Å². The fraction of sp³-hybridized carbons (Fsp3) is 0.571. The van der Waals surface area contributed by atoms with E-state index in [9.17, 15) is 0 Å². The molecule has 1 aliphatic rings. The molecule has 0 bridgehead atoms. The van der Waals surface area contributed by atoms with Crippen molar-refractivity contribution >= 4 is 0 Å². The summed E-state index contributed by atoms with van der Waals surface area (Å²) in [6.07, 6.45) is 4.88. The van der Waals surface area contributed by atoms with Gasteiger partial charge in [0.2, 0.25) is 0 Å². The average molecular weight is 219 g/mol. The van der Waals surface area contributed by atoms with Gasteiger partial charge in [-0.1, -0.05) is 18.2 Å². The van der Waals surface area contributed by atoms with E-state index in [1.54, 1.807) is 11.1 Å². The number of aliphatic hydroxyl groups is 1. The van der Waals surface area contributed by atoms with E-state index in [4.69, 9.17) is 5.11 Å². The highest BCUT2D eigenvalue weighted by molar-refractivity contribution is 5.35. The molecule has 0 aromatic heterocycles. The summed E-state index contributed by atoms with van der Waals surface area (Å²) in [6.45, 7) is 3.16. The predicted molar refractivity (Wildman–Crippen MR) is 66.7 cm³/mol. The van der Waals surface area contributed by atoms with Crippen molar-refractivity contribution in [1.29, 1.82) is 0 Å². The Morgan fingerprint density at radius 2 is 2.12 bits per heavy atom. The van der Waals surface area contributed by atoms with Crippen LogP contribution in [-0.4, -0.2) is 24.3 Å². The van der Waals surface area contributed by atoms with E-state index >= 15 is 0 Å². The lowest BCUT2D eigenvalue weighted by molar-refractivity contribution is 0.252. The molecule has 2 nitrogen and oxygen atoms in total. The zero-order valence-electron chi connectivity index (χ0n) is 10.00. The molecule has 0 amide bonds. The standard InChI is InChI=1S/C14H21NO/c1-11(10-16)15-8-7-12-5-6-13-3-2-4-14(13)9-12/h5-6,9,11,15-16H,2-4,7-8,10H2,1H3. The first-order chi connectivity index (χ1) is 7.79. The maximum atomic E-state index is 8.90. The predicted octanol–water partition coefficient (Wildman–Crippen LogP) is 1.69. The second-order valence-corrected chi connectivity index (χ2v) is 4.74. The molecule has 1 unspecified atom stereocenters. The van der Waals surface area contributed by atoms with Crippen molar-refractivity contribution in [1.82, 2.24) is 5.32 Å². The molecule has 0 fully saturated rings. The molecule has 2 heteroatoms. The van der Waals surface area contributed by atoms with Crippen molar-refractivity contribution < 1.29 is 5.11 Å². The smallest absolute Gasteiger partial charge is 0.0581 e. The van der Waals surface area contributed by atoms with Crippen molar-refractivity contribution in [3.8, 4) is 0 Å². The Bertz CT molecular complexity index is 349. The monoisotopic (exact) mass is 219 g/mol. The zero-order chi connectivity index (χ0) is 11.4. The summed E-state index contributed by atoms with van der Waals surface area (Å²) in [4.78, 5) is 0. The van der Waals surface area contributed by atoms with Gasteiger partial charge >= 0.3 is 0 Å². The Labute approximate surface area is 97.7 Å². The minimum absolute atomic E-state index is 0.203. The Morgan fingerprint density at radius 3 is 2.94 bits per heavy atom. The fourth-order valence-corrected chi connectivity index (χ4v) is 2.31. The van der Waals surface area contributed by atoms with Crippen LogP contribution in [0.5, 0.6) is 0 Å². The van der Waals surface area contributed by atoms with Crippen molar-refractivity contribution in [2.75, 3.05) is 13.2 Å². The molecule has 16 heavy (non-hydrogen) atoms. The van der Waals surface area contributed by atoms with Crippen LogP contribution in [-0.2, 0) is 19.3 Å². The molecule has 2 rings (SSSR count). The van der Waals surface area contributed by atoms with Gasteiger partial charge < -0.3 is 10.4 Å². The van der Waals surface area contributed by atoms with Crippen LogP contribution < -0.4 is 5.32 Å². The normalized spacial score (nSPS) is 16.1. The number of nitrogens with one attached hydrogen (secondary N) is 1. The topological polar surface area (TPSA) is 32.3 Å². The third kappa shape index (κ3) is 2.83. The van der Waals surface area contributed by atoms with Gasteiger partial charge in [0.05, 0.1) is 6.61 Å². The highest BCUT2D eigenvalue weighted by Crippen LogP contribution is 2.22. The SMILES string of the molecule is CC(CO)NCCc1ccc2c(c1)CCC2. The van der Waals surface area contributed by atoms with Gasteiger partial charge in [-0.3, -0.25) is 0 Å². The summed E-state index contributed by atoms with van der Waals surface area (Å²) < 4.78 is 0. The number of hydrogen-bond donors (Lipinski definition) is 2. The largest absolute Gasteiger partial charge is 0.395 e. The minimum Gasteiger partial charge on any atom is -0.395 e. The quantitative estimate of drug-likeness (QED) is 0.790. The van der Waals surface area contributed by atoms with Gasteiger partial charge in [0, 0.05) is 6.04 Å². The molecule has 1 aliphatic carbocycles. The molecule has 0 saturated heterocycles. The zero-order valence-corrected chi connectivity index (χ0v) is 10.00. The van der Waals surface area contributed by atoms with Gasteiger partial charge in [-0.25, -0.2) is 0 Å². The maximum Gasteiger partial charge on any atom is 0.0581 e. The molecule has 88 valence electrons. The first-order valence-corrected chi connectivity index (χ1v) is 6.24. The lowest BCUT2D eigenvalue weighted by atomic mass is 10.0. The molecule has 0 spiro atoms. The van der Waals surface area contributed by atoms with Crippen molar-refractivity contribution in [2.24, 2.45) is 0 Å². The highest BCUT2D eigenvalue weighted by atomic mass is 16.3. The molecule has 1 atom stereocenters. The molecule has 1 aromatic rings. The Balaban J connectivity index is 1.86. The summed E-state index contributed by atoms with van der Waals surface area (Å²) in [7, 11) is 0. The van der Waals surface area contributed by atoms with E-state index in [0.29, 0.717) is 0 Å². The van der Waals surface area contributed by atoms with Crippen LogP contribution in [0.25, 0.3) is 0 Å². The lowest BCUT2D eigenvalue weighted by Gasteiger charge is -2.11. The number of hydrogen-bond acceptors (Lipinski definition) is 2. The summed E-state index contributed by atoms with van der Waals surface area (Å²) in [5, 5.41) is 12.2. The van der Waals surface area contributed by atoms with E-state index in [1.807, 2.05) is 6.92 Å². The molecule has 0 aliphatic heterocycles. The van der Waals surface area contributed by atoms with Gasteiger partial charge in [-0.15, -0.1) is 0 Å². The van der Waals surface area contributed by atoms with Crippen molar-refractivity contribution in [3.05, 3.63) is 34.9 Å². The van der Waals surface area contributed by atoms with Gasteiger partial charge in [0.15, 0.2) is 0 Å². The minimum atomic E-state index is 0.203. The number of benzene rings is 1. The highest BCUT2D eigenvalue weighted by Gasteiger charge is 2.10. The molecular weight excluding hydrogens is 198 g/mol. The second-order valence-electron chi connectivity index (χ2n) is 4.74. The van der Waals surface area contributed by atoms with Crippen molar-refractivity contribution in [3.63, 3.8) is 0 Å². The van der Waals surface area contributed by atoms with Gasteiger partial charge in [-0.05, 0) is 55.8 Å². The van der Waals surface area contributed by atoms with Crippen LogP contribution in [0.3, 0.4) is 0 Å². The van der Waals surface area contributed by atoms with Crippen LogP contribution in [0.2, 0.25) is 0 Å². The van der Waals surface area contributed by atoms with Gasteiger partial charge in [0.25, 0.3) is 0 Å². The first-order valence-electron chi connectivity index (χ1n) is 6.24. The lowest BCUT2D eigenvalue weighted by Crippen LogP contribution is -2.30. The number of fused-ring (bicyclic) bond motifs is 1. The first kappa shape index (κ1) is 11.6. The van der Waals surface area contributed by atoms with E-state index < -0.39 is 0 Å². The Hall–Kier alpha value is -0.860. The van der Waals surface area contributed by atoms with E-state index in [-0.39, 0.29) is 12.6 Å². The van der Waals surface area contributed by atoms with Crippen LogP contribution >= 0.6 is 0 Å². The number of aryl methyl sites for hydroxylation is 2. The number of aliphatic hydroxyl groups excluding tert-OH is 1. The summed E-state index contributed by atoms with van der Waals surface area (Å²) in [5.41, 5.74) is 4.51. The van der Waals surface area contributed by atoms with Gasteiger partial charge in [0.1, 0.15) is 0 Å². The van der Waals surface area contributed by atoms with E-state index in [2.05, 4.69) is 23.5 Å². The molecule has 0 heterocycles. The molecule has 0 saturated carbocycles. The van der Waals surface area contributed by atoms with Crippen molar-refractivity contribution in [2.45, 2.75) is 38.6 Å². The molecule has 2 N–H and O–H groups in total. The summed E-state index contributed by atoms with van der Waals surface area (Å²) >= 11 is 0. The molecule has 0 radical (unpaired) electrons. The maximum absolute atomic E-state index is 8.90. The van der Waals surface area contributed by atoms with Crippen LogP contribution in [0, 0.1) is 0 Å². The Morgan fingerprint density at radius 1 is 1.31 bits per heavy atom. The van der Waals surface area contributed by atoms with Crippen LogP contribution in [0.4, 0.5) is 0 Å². The van der Waals surface area contributed by atoms with Crippen LogP contribution in [0.15, 0.2) is 18.2 Å².